The Kier molecular flexibility index (Phi) is 4.98. The second kappa shape index (κ2) is 7.58. The number of imidazole rings is 1. The summed E-state index contributed by atoms with van der Waals surface area (Å²) in [6.45, 7) is 7.28. The van der Waals surface area contributed by atoms with Crippen molar-refractivity contribution in [3.8, 4) is 0 Å². The molecule has 1 atom stereocenters. The van der Waals surface area contributed by atoms with Gasteiger partial charge in [-0.05, 0) is 51.3 Å². The number of carbonyl (C=O) groups is 1. The molecule has 1 fully saturated rings. The largest absolute Gasteiger partial charge is 0.361 e. The molecule has 4 rings (SSSR count). The highest BCUT2D eigenvalue weighted by Crippen LogP contribution is 2.33. The molecule has 1 aliphatic heterocycles. The molecule has 1 aliphatic rings. The van der Waals surface area contributed by atoms with Crippen LogP contribution in [0, 0.1) is 20.8 Å². The highest BCUT2D eigenvalue weighted by atomic mass is 16.5. The first-order valence-electron chi connectivity index (χ1n) is 9.66. The fraction of sp³-hybridized carbons (Fsp3) is 0.429. The van der Waals surface area contributed by atoms with E-state index >= 15 is 0 Å². The van der Waals surface area contributed by atoms with Crippen LogP contribution in [0.4, 0.5) is 0 Å². The smallest absolute Gasteiger partial charge is 0.227 e. The quantitative estimate of drug-likeness (QED) is 0.681. The van der Waals surface area contributed by atoms with Crippen LogP contribution < -0.4 is 0 Å². The lowest BCUT2D eigenvalue weighted by molar-refractivity contribution is -0.131. The summed E-state index contributed by atoms with van der Waals surface area (Å²) >= 11 is 0. The number of hydrogen-bond acceptors (Lipinski definition) is 5. The summed E-state index contributed by atoms with van der Waals surface area (Å²) in [7, 11) is 0. The first kappa shape index (κ1) is 18.4. The molecular formula is C21H25N5O2. The Balaban J connectivity index is 1.58. The van der Waals surface area contributed by atoms with Crippen LogP contribution in [0.15, 0.2) is 35.2 Å². The molecule has 1 saturated heterocycles. The zero-order valence-corrected chi connectivity index (χ0v) is 16.6. The average molecular weight is 379 g/mol. The summed E-state index contributed by atoms with van der Waals surface area (Å²) in [5, 5.41) is 3.97. The van der Waals surface area contributed by atoms with Gasteiger partial charge in [-0.25, -0.2) is 4.98 Å². The van der Waals surface area contributed by atoms with Gasteiger partial charge >= 0.3 is 0 Å². The van der Waals surface area contributed by atoms with Gasteiger partial charge in [0, 0.05) is 42.9 Å². The Morgan fingerprint density at radius 2 is 2.04 bits per heavy atom. The molecule has 3 aromatic heterocycles. The van der Waals surface area contributed by atoms with Crippen molar-refractivity contribution in [3.63, 3.8) is 0 Å². The minimum atomic E-state index is 0.00325. The molecule has 0 radical (unpaired) electrons. The maximum Gasteiger partial charge on any atom is 0.227 e. The van der Waals surface area contributed by atoms with Crippen molar-refractivity contribution in [1.29, 1.82) is 0 Å². The summed E-state index contributed by atoms with van der Waals surface area (Å²) in [6.07, 6.45) is 7.74. The molecule has 28 heavy (non-hydrogen) atoms. The van der Waals surface area contributed by atoms with Crippen molar-refractivity contribution in [2.45, 2.75) is 52.6 Å². The van der Waals surface area contributed by atoms with Crippen LogP contribution in [0.3, 0.4) is 0 Å². The van der Waals surface area contributed by atoms with Gasteiger partial charge in [0.25, 0.3) is 0 Å². The third-order valence-corrected chi connectivity index (χ3v) is 5.56. The lowest BCUT2D eigenvalue weighted by Crippen LogP contribution is -2.33. The SMILES string of the molecule is Cc1noc(C)c1CC(=O)N1CCCC1c1ncc(C)n1Cc1ccncc1. The Morgan fingerprint density at radius 1 is 1.25 bits per heavy atom. The van der Waals surface area contributed by atoms with Crippen molar-refractivity contribution in [2.75, 3.05) is 6.54 Å². The topological polar surface area (TPSA) is 77.0 Å². The van der Waals surface area contributed by atoms with Crippen molar-refractivity contribution in [2.24, 2.45) is 0 Å². The van der Waals surface area contributed by atoms with Gasteiger partial charge in [0.05, 0.1) is 18.2 Å². The second-order valence-electron chi connectivity index (χ2n) is 7.42. The Bertz CT molecular complexity index is 957. The molecule has 1 amide bonds. The van der Waals surface area contributed by atoms with E-state index in [9.17, 15) is 4.79 Å². The number of likely N-dealkylation sites (tertiary alicyclic amines) is 1. The summed E-state index contributed by atoms with van der Waals surface area (Å²) in [6, 6.07) is 4.03. The molecule has 0 aromatic carbocycles. The number of aryl methyl sites for hydroxylation is 3. The molecule has 7 heteroatoms. The minimum absolute atomic E-state index is 0.00325. The summed E-state index contributed by atoms with van der Waals surface area (Å²) in [5.41, 5.74) is 3.95. The molecule has 146 valence electrons. The van der Waals surface area contributed by atoms with Gasteiger partial charge in [-0.1, -0.05) is 5.16 Å². The molecule has 7 nitrogen and oxygen atoms in total. The second-order valence-corrected chi connectivity index (χ2v) is 7.42. The number of nitrogens with zero attached hydrogens (tertiary/aromatic N) is 5. The van der Waals surface area contributed by atoms with Gasteiger partial charge in [0.15, 0.2) is 0 Å². The number of aromatic nitrogens is 4. The van der Waals surface area contributed by atoms with E-state index < -0.39 is 0 Å². The number of carbonyl (C=O) groups excluding carboxylic acids is 1. The molecule has 4 heterocycles. The van der Waals surface area contributed by atoms with Gasteiger partial charge in [0.2, 0.25) is 5.91 Å². The van der Waals surface area contributed by atoms with Crippen molar-refractivity contribution in [3.05, 3.63) is 64.8 Å². The minimum Gasteiger partial charge on any atom is -0.361 e. The van der Waals surface area contributed by atoms with Crippen LogP contribution in [0.5, 0.6) is 0 Å². The number of rotatable bonds is 5. The first-order chi connectivity index (χ1) is 13.5. The maximum atomic E-state index is 13.1. The molecular weight excluding hydrogens is 354 g/mol. The van der Waals surface area contributed by atoms with Crippen LogP contribution >= 0.6 is 0 Å². The van der Waals surface area contributed by atoms with Gasteiger partial charge in [-0.15, -0.1) is 0 Å². The normalized spacial score (nSPS) is 16.7. The van der Waals surface area contributed by atoms with Crippen LogP contribution in [-0.2, 0) is 17.8 Å². The van der Waals surface area contributed by atoms with Crippen LogP contribution in [0.2, 0.25) is 0 Å². The maximum absolute atomic E-state index is 13.1. The Hall–Kier alpha value is -2.96. The van der Waals surface area contributed by atoms with Crippen LogP contribution in [0.1, 0.15) is 53.0 Å². The van der Waals surface area contributed by atoms with Crippen molar-refractivity contribution in [1.82, 2.24) is 24.6 Å². The predicted molar refractivity (Wildman–Crippen MR) is 104 cm³/mol. The third kappa shape index (κ3) is 3.44. The monoisotopic (exact) mass is 379 g/mol. The van der Waals surface area contributed by atoms with E-state index in [4.69, 9.17) is 4.52 Å². The van der Waals surface area contributed by atoms with Crippen LogP contribution in [0.25, 0.3) is 0 Å². The molecule has 1 unspecified atom stereocenters. The first-order valence-corrected chi connectivity index (χ1v) is 9.66. The number of amides is 1. The zero-order chi connectivity index (χ0) is 19.7. The summed E-state index contributed by atoms with van der Waals surface area (Å²) in [5.74, 6) is 1.78. The highest BCUT2D eigenvalue weighted by molar-refractivity contribution is 5.80. The van der Waals surface area contributed by atoms with E-state index in [-0.39, 0.29) is 11.9 Å². The summed E-state index contributed by atoms with van der Waals surface area (Å²) in [4.78, 5) is 23.8. The molecule has 0 N–H and O–H groups in total. The molecule has 0 spiro atoms. The number of pyridine rings is 1. The molecule has 0 saturated carbocycles. The lowest BCUT2D eigenvalue weighted by Gasteiger charge is -2.25. The Labute approximate surface area is 164 Å². The van der Waals surface area contributed by atoms with E-state index in [2.05, 4.69) is 26.6 Å². The fourth-order valence-corrected chi connectivity index (χ4v) is 3.96. The van der Waals surface area contributed by atoms with Gasteiger partial charge < -0.3 is 14.0 Å². The van der Waals surface area contributed by atoms with Gasteiger partial charge in [-0.2, -0.15) is 0 Å². The van der Waals surface area contributed by atoms with E-state index in [1.54, 1.807) is 12.4 Å². The average Bonchev–Trinajstić information content (AvgIpc) is 3.39. The van der Waals surface area contributed by atoms with Crippen molar-refractivity contribution < 1.29 is 9.32 Å². The molecule has 0 bridgehead atoms. The standard InChI is InChI=1S/C21H25N5O2/c1-14-12-23-21(26(14)13-17-6-8-22-9-7-17)19-5-4-10-25(19)20(27)11-18-15(2)24-28-16(18)3/h6-9,12,19H,4-5,10-11,13H2,1-3H3. The van der Waals surface area contributed by atoms with E-state index in [0.29, 0.717) is 6.42 Å². The summed E-state index contributed by atoms with van der Waals surface area (Å²) < 4.78 is 7.43. The lowest BCUT2D eigenvalue weighted by atomic mass is 10.1. The number of hydrogen-bond donors (Lipinski definition) is 0. The third-order valence-electron chi connectivity index (χ3n) is 5.56. The molecule has 3 aromatic rings. The van der Waals surface area contributed by atoms with Crippen LogP contribution in [-0.4, -0.2) is 37.0 Å². The Morgan fingerprint density at radius 3 is 2.75 bits per heavy atom. The van der Waals surface area contributed by atoms with E-state index in [1.165, 1.54) is 5.56 Å². The van der Waals surface area contributed by atoms with E-state index in [0.717, 1.165) is 54.5 Å². The van der Waals surface area contributed by atoms with Crippen molar-refractivity contribution >= 4 is 5.91 Å². The fourth-order valence-electron chi connectivity index (χ4n) is 3.96. The molecule has 0 aliphatic carbocycles. The highest BCUT2D eigenvalue weighted by Gasteiger charge is 2.33. The predicted octanol–water partition coefficient (Wildman–Crippen LogP) is 3.15. The van der Waals surface area contributed by atoms with Gasteiger partial charge in [0.1, 0.15) is 11.6 Å². The van der Waals surface area contributed by atoms with Gasteiger partial charge in [-0.3, -0.25) is 9.78 Å². The zero-order valence-electron chi connectivity index (χ0n) is 16.6. The van der Waals surface area contributed by atoms with E-state index in [1.807, 2.05) is 37.1 Å².